The minimum absolute atomic E-state index is 0.111. The van der Waals surface area contributed by atoms with Crippen molar-refractivity contribution in [3.05, 3.63) is 44.6 Å². The lowest BCUT2D eigenvalue weighted by Crippen LogP contribution is -2.11. The van der Waals surface area contributed by atoms with Crippen LogP contribution in [-0.4, -0.2) is 15.7 Å². The first-order valence-corrected chi connectivity index (χ1v) is 7.55. The molecule has 0 saturated carbocycles. The van der Waals surface area contributed by atoms with E-state index in [2.05, 4.69) is 21.0 Å². The average Bonchev–Trinajstić information content (AvgIpc) is 2.74. The highest BCUT2D eigenvalue weighted by Crippen LogP contribution is 2.25. The molecule has 0 radical (unpaired) electrons. The van der Waals surface area contributed by atoms with E-state index in [-0.39, 0.29) is 17.9 Å². The molecule has 0 aliphatic rings. The van der Waals surface area contributed by atoms with E-state index in [0.29, 0.717) is 11.6 Å². The number of nitrogens with zero attached hydrogens (tertiary/aromatic N) is 2. The molecular weight excluding hydrogens is 358 g/mol. The Morgan fingerprint density at radius 3 is 2.90 bits per heavy atom. The number of aryl methyl sites for hydroxylation is 2. The van der Waals surface area contributed by atoms with Crippen LogP contribution >= 0.6 is 27.5 Å². The number of anilines is 1. The summed E-state index contributed by atoms with van der Waals surface area (Å²) in [6, 6.07) is 4.87. The summed E-state index contributed by atoms with van der Waals surface area (Å²) in [6.07, 6.45) is 0. The van der Waals surface area contributed by atoms with Crippen molar-refractivity contribution in [3.8, 4) is 0 Å². The number of hydrogen-bond donors (Lipinski definition) is 1. The van der Waals surface area contributed by atoms with Crippen molar-refractivity contribution in [1.82, 2.24) is 9.78 Å². The first kappa shape index (κ1) is 15.9. The number of hydrogen-bond acceptors (Lipinski definition) is 4. The predicted octanol–water partition coefficient (Wildman–Crippen LogP) is 3.57. The largest absolute Gasteiger partial charge is 0.455 e. The molecule has 1 aromatic heterocycles. The molecule has 2 N–H and O–H groups in total. The molecule has 1 aromatic carbocycles. The van der Waals surface area contributed by atoms with Gasteiger partial charge in [0.05, 0.1) is 32.1 Å². The number of carbonyl (C=O) groups is 1. The van der Waals surface area contributed by atoms with Gasteiger partial charge in [-0.3, -0.25) is 4.68 Å². The van der Waals surface area contributed by atoms with Gasteiger partial charge < -0.3 is 10.5 Å². The zero-order chi connectivity index (χ0) is 15.6. The molecule has 21 heavy (non-hydrogen) atoms. The van der Waals surface area contributed by atoms with Crippen LogP contribution in [0.4, 0.5) is 5.69 Å². The van der Waals surface area contributed by atoms with Gasteiger partial charge in [0.2, 0.25) is 0 Å². The summed E-state index contributed by atoms with van der Waals surface area (Å²) in [5, 5.41) is 4.68. The van der Waals surface area contributed by atoms with Gasteiger partial charge in [-0.1, -0.05) is 17.7 Å². The highest BCUT2D eigenvalue weighted by Gasteiger charge is 2.17. The molecule has 7 heteroatoms. The molecule has 0 saturated heterocycles. The van der Waals surface area contributed by atoms with Crippen LogP contribution in [0.1, 0.15) is 28.7 Å². The van der Waals surface area contributed by atoms with E-state index in [1.54, 1.807) is 22.9 Å². The fourth-order valence-electron chi connectivity index (χ4n) is 1.93. The van der Waals surface area contributed by atoms with Crippen LogP contribution in [0, 0.1) is 6.92 Å². The standard InChI is InChI=1S/C14H15BrClN3O2/c1-3-19-11(12(15)8(2)18-19)7-21-14(20)9-5-4-6-10(16)13(9)17/h4-6H,3,7,17H2,1-2H3. The number of ether oxygens (including phenoxy) is 1. The summed E-state index contributed by atoms with van der Waals surface area (Å²) < 4.78 is 7.95. The SMILES string of the molecule is CCn1nc(C)c(Br)c1COC(=O)c1cccc(Cl)c1N. The number of para-hydroxylation sites is 1. The first-order chi connectivity index (χ1) is 9.95. The molecule has 0 aliphatic carbocycles. The second-order valence-electron chi connectivity index (χ2n) is 4.44. The maximum atomic E-state index is 12.1. The topological polar surface area (TPSA) is 70.1 Å². The van der Waals surface area contributed by atoms with Gasteiger partial charge in [0, 0.05) is 6.54 Å². The summed E-state index contributed by atoms with van der Waals surface area (Å²) in [7, 11) is 0. The zero-order valence-electron chi connectivity index (χ0n) is 11.7. The Kier molecular flexibility index (Phi) is 4.90. The van der Waals surface area contributed by atoms with Crippen molar-refractivity contribution in [3.63, 3.8) is 0 Å². The Labute approximate surface area is 136 Å². The highest BCUT2D eigenvalue weighted by molar-refractivity contribution is 9.10. The third-order valence-corrected chi connectivity index (χ3v) is 4.43. The molecule has 5 nitrogen and oxygen atoms in total. The lowest BCUT2D eigenvalue weighted by atomic mass is 10.2. The summed E-state index contributed by atoms with van der Waals surface area (Å²) in [4.78, 5) is 12.1. The van der Waals surface area contributed by atoms with Gasteiger partial charge in [-0.2, -0.15) is 5.10 Å². The van der Waals surface area contributed by atoms with Gasteiger partial charge >= 0.3 is 5.97 Å². The third kappa shape index (κ3) is 3.22. The van der Waals surface area contributed by atoms with Crippen LogP contribution in [-0.2, 0) is 17.9 Å². The third-order valence-electron chi connectivity index (χ3n) is 3.07. The van der Waals surface area contributed by atoms with Crippen LogP contribution in [0.2, 0.25) is 5.02 Å². The van der Waals surface area contributed by atoms with E-state index >= 15 is 0 Å². The fraction of sp³-hybridized carbons (Fsp3) is 0.286. The number of carbonyl (C=O) groups excluding carboxylic acids is 1. The maximum absolute atomic E-state index is 12.1. The van der Waals surface area contributed by atoms with E-state index in [1.807, 2.05) is 13.8 Å². The lowest BCUT2D eigenvalue weighted by Gasteiger charge is -2.09. The minimum Gasteiger partial charge on any atom is -0.455 e. The number of aromatic nitrogens is 2. The van der Waals surface area contributed by atoms with Gasteiger partial charge in [-0.05, 0) is 41.9 Å². The maximum Gasteiger partial charge on any atom is 0.340 e. The number of nitrogens with two attached hydrogens (primary N) is 1. The Bertz CT molecular complexity index is 685. The van der Waals surface area contributed by atoms with Crippen molar-refractivity contribution in [1.29, 1.82) is 0 Å². The summed E-state index contributed by atoms with van der Waals surface area (Å²) >= 11 is 9.35. The molecule has 0 fully saturated rings. The lowest BCUT2D eigenvalue weighted by molar-refractivity contribution is 0.0463. The normalized spacial score (nSPS) is 10.7. The summed E-state index contributed by atoms with van der Waals surface area (Å²) in [5.41, 5.74) is 7.93. The van der Waals surface area contributed by atoms with Gasteiger partial charge in [0.25, 0.3) is 0 Å². The molecular formula is C14H15BrClN3O2. The molecule has 1 heterocycles. The number of halogens is 2. The average molecular weight is 373 g/mol. The fourth-order valence-corrected chi connectivity index (χ4v) is 2.51. The van der Waals surface area contributed by atoms with Crippen molar-refractivity contribution >= 4 is 39.2 Å². The van der Waals surface area contributed by atoms with Gasteiger partial charge in [-0.25, -0.2) is 4.79 Å². The van der Waals surface area contributed by atoms with Crippen LogP contribution in [0.25, 0.3) is 0 Å². The molecule has 0 atom stereocenters. The van der Waals surface area contributed by atoms with Crippen LogP contribution in [0.15, 0.2) is 22.7 Å². The van der Waals surface area contributed by atoms with Crippen molar-refractivity contribution in [2.75, 3.05) is 5.73 Å². The van der Waals surface area contributed by atoms with Crippen molar-refractivity contribution in [2.45, 2.75) is 27.0 Å². The Morgan fingerprint density at radius 1 is 1.52 bits per heavy atom. The summed E-state index contributed by atoms with van der Waals surface area (Å²) in [5.74, 6) is -0.511. The molecule has 2 rings (SSSR count). The Hall–Kier alpha value is -1.53. The van der Waals surface area contributed by atoms with Gasteiger partial charge in [0.15, 0.2) is 0 Å². The second-order valence-corrected chi connectivity index (χ2v) is 5.64. The van der Waals surface area contributed by atoms with Gasteiger partial charge in [0.1, 0.15) is 6.61 Å². The predicted molar refractivity (Wildman–Crippen MR) is 85.3 cm³/mol. The molecule has 0 bridgehead atoms. The number of esters is 1. The Balaban J connectivity index is 2.17. The molecule has 0 spiro atoms. The van der Waals surface area contributed by atoms with Crippen LogP contribution in [0.3, 0.4) is 0 Å². The quantitative estimate of drug-likeness (QED) is 0.658. The van der Waals surface area contributed by atoms with Crippen molar-refractivity contribution < 1.29 is 9.53 Å². The number of rotatable bonds is 4. The van der Waals surface area contributed by atoms with E-state index in [9.17, 15) is 4.79 Å². The van der Waals surface area contributed by atoms with Crippen molar-refractivity contribution in [2.24, 2.45) is 0 Å². The molecule has 0 amide bonds. The van der Waals surface area contributed by atoms with E-state index in [4.69, 9.17) is 22.1 Å². The monoisotopic (exact) mass is 371 g/mol. The van der Waals surface area contributed by atoms with Crippen LogP contribution in [0.5, 0.6) is 0 Å². The number of benzene rings is 1. The smallest absolute Gasteiger partial charge is 0.340 e. The first-order valence-electron chi connectivity index (χ1n) is 6.38. The molecule has 112 valence electrons. The molecule has 0 unspecified atom stereocenters. The minimum atomic E-state index is -0.511. The number of nitrogen functional groups attached to an aromatic ring is 1. The second kappa shape index (κ2) is 6.49. The highest BCUT2D eigenvalue weighted by atomic mass is 79.9. The summed E-state index contributed by atoms with van der Waals surface area (Å²) in [6.45, 7) is 4.66. The zero-order valence-corrected chi connectivity index (χ0v) is 14.0. The van der Waals surface area contributed by atoms with E-state index in [0.717, 1.165) is 15.9 Å². The molecule has 0 aliphatic heterocycles. The van der Waals surface area contributed by atoms with E-state index < -0.39 is 5.97 Å². The van der Waals surface area contributed by atoms with Crippen LogP contribution < -0.4 is 5.73 Å². The Morgan fingerprint density at radius 2 is 2.24 bits per heavy atom. The van der Waals surface area contributed by atoms with E-state index in [1.165, 1.54) is 0 Å². The molecule has 2 aromatic rings. The van der Waals surface area contributed by atoms with Gasteiger partial charge in [-0.15, -0.1) is 0 Å².